The molecule has 1 aliphatic rings. The number of amides is 1. The van der Waals surface area contributed by atoms with Crippen LogP contribution in [0.3, 0.4) is 0 Å². The lowest BCUT2D eigenvalue weighted by Gasteiger charge is -2.29. The van der Waals surface area contributed by atoms with E-state index < -0.39 is 27.8 Å². The summed E-state index contributed by atoms with van der Waals surface area (Å²) in [4.78, 5) is 16.7. The van der Waals surface area contributed by atoms with E-state index in [1.54, 1.807) is 35.8 Å². The van der Waals surface area contributed by atoms with Crippen LogP contribution >= 0.6 is 0 Å². The number of ether oxygens (including phenoxy) is 1. The first kappa shape index (κ1) is 26.0. The molecular weight excluding hydrogens is 495 g/mol. The SMILES string of the molecule is CCS(=O)(=O)c1ccc(Cn2c(C(N)=O)cc3ccnc(OCC4CCC(C(F)(F)F)CC4)c32)cc1. The van der Waals surface area contributed by atoms with Gasteiger partial charge in [0.15, 0.2) is 9.84 Å². The van der Waals surface area contributed by atoms with Gasteiger partial charge in [-0.15, -0.1) is 0 Å². The maximum atomic E-state index is 13.0. The third-order valence-corrected chi connectivity index (χ3v) is 8.55. The summed E-state index contributed by atoms with van der Waals surface area (Å²) in [5, 5.41) is 0.680. The van der Waals surface area contributed by atoms with Gasteiger partial charge in [-0.1, -0.05) is 19.1 Å². The summed E-state index contributed by atoms with van der Waals surface area (Å²) < 4.78 is 70.8. The van der Waals surface area contributed by atoms with Gasteiger partial charge in [-0.3, -0.25) is 4.79 Å². The molecular formula is C25H28F3N3O4S. The first-order valence-electron chi connectivity index (χ1n) is 11.8. The van der Waals surface area contributed by atoms with Gasteiger partial charge in [-0.25, -0.2) is 13.4 Å². The molecule has 0 aliphatic heterocycles. The molecule has 0 unspecified atom stereocenters. The van der Waals surface area contributed by atoms with Crippen molar-refractivity contribution < 1.29 is 31.1 Å². The number of hydrogen-bond acceptors (Lipinski definition) is 5. The number of sulfone groups is 1. The molecule has 1 amide bonds. The molecule has 1 saturated carbocycles. The van der Waals surface area contributed by atoms with Gasteiger partial charge >= 0.3 is 6.18 Å². The zero-order chi connectivity index (χ0) is 26.1. The van der Waals surface area contributed by atoms with E-state index in [4.69, 9.17) is 10.5 Å². The number of carbonyl (C=O) groups is 1. The number of fused-ring (bicyclic) bond motifs is 1. The largest absolute Gasteiger partial charge is 0.476 e. The molecule has 194 valence electrons. The van der Waals surface area contributed by atoms with Gasteiger partial charge in [0.2, 0.25) is 5.88 Å². The van der Waals surface area contributed by atoms with Gasteiger partial charge in [0.1, 0.15) is 11.2 Å². The van der Waals surface area contributed by atoms with E-state index in [0.29, 0.717) is 23.7 Å². The Morgan fingerprint density at radius 2 is 1.81 bits per heavy atom. The molecule has 1 aromatic carbocycles. The van der Waals surface area contributed by atoms with Crippen molar-refractivity contribution in [2.75, 3.05) is 12.4 Å². The molecule has 3 aromatic rings. The Morgan fingerprint density at radius 1 is 1.14 bits per heavy atom. The molecule has 1 fully saturated rings. The van der Waals surface area contributed by atoms with Crippen LogP contribution in [0.15, 0.2) is 47.5 Å². The molecule has 0 spiro atoms. The van der Waals surface area contributed by atoms with Crippen molar-refractivity contribution in [2.24, 2.45) is 17.6 Å². The predicted octanol–water partition coefficient (Wildman–Crippen LogP) is 4.72. The van der Waals surface area contributed by atoms with Gasteiger partial charge in [0, 0.05) is 18.1 Å². The molecule has 36 heavy (non-hydrogen) atoms. The number of rotatable bonds is 8. The lowest BCUT2D eigenvalue weighted by atomic mass is 9.82. The van der Waals surface area contributed by atoms with Crippen molar-refractivity contribution in [2.45, 2.75) is 50.2 Å². The first-order chi connectivity index (χ1) is 17.0. The predicted molar refractivity (Wildman–Crippen MR) is 129 cm³/mol. The molecule has 2 aromatic heterocycles. The number of hydrogen-bond donors (Lipinski definition) is 1. The fraction of sp³-hybridized carbons (Fsp3) is 0.440. The van der Waals surface area contributed by atoms with Crippen molar-refractivity contribution >= 4 is 26.6 Å². The van der Waals surface area contributed by atoms with Crippen molar-refractivity contribution in [3.05, 3.63) is 53.9 Å². The maximum Gasteiger partial charge on any atom is 0.391 e. The Balaban J connectivity index is 1.58. The molecule has 0 bridgehead atoms. The number of aromatic nitrogens is 2. The van der Waals surface area contributed by atoms with Gasteiger partial charge in [-0.05, 0) is 61.4 Å². The average Bonchev–Trinajstić information content (AvgIpc) is 3.22. The summed E-state index contributed by atoms with van der Waals surface area (Å²) in [6.45, 7) is 2.01. The quantitative estimate of drug-likeness (QED) is 0.460. The molecule has 7 nitrogen and oxygen atoms in total. The summed E-state index contributed by atoms with van der Waals surface area (Å²) in [6, 6.07) is 9.75. The summed E-state index contributed by atoms with van der Waals surface area (Å²) in [5.41, 5.74) is 7.15. The number of halogens is 3. The summed E-state index contributed by atoms with van der Waals surface area (Å²) >= 11 is 0. The van der Waals surface area contributed by atoms with Crippen LogP contribution in [0.5, 0.6) is 5.88 Å². The zero-order valence-electron chi connectivity index (χ0n) is 19.8. The lowest BCUT2D eigenvalue weighted by Crippen LogP contribution is -2.29. The van der Waals surface area contributed by atoms with E-state index in [2.05, 4.69) is 4.98 Å². The number of nitrogens with zero attached hydrogens (tertiary/aromatic N) is 2. The molecule has 2 N–H and O–H groups in total. The standard InChI is InChI=1S/C25H28F3N3O4S/c1-2-36(33,34)20-9-5-16(6-10-20)14-31-21(23(29)32)13-18-11-12-30-24(22(18)31)35-15-17-3-7-19(8-4-17)25(26,27)28/h5-6,9-13,17,19H,2-4,7-8,14-15H2,1H3,(H2,29,32). The molecule has 11 heteroatoms. The lowest BCUT2D eigenvalue weighted by molar-refractivity contribution is -0.184. The number of primary amides is 1. The smallest absolute Gasteiger partial charge is 0.391 e. The van der Waals surface area contributed by atoms with E-state index >= 15 is 0 Å². The number of nitrogens with two attached hydrogens (primary N) is 1. The Bertz CT molecular complexity index is 1340. The van der Waals surface area contributed by atoms with Gasteiger partial charge < -0.3 is 15.0 Å². The molecule has 0 radical (unpaired) electrons. The van der Waals surface area contributed by atoms with E-state index in [-0.39, 0.29) is 54.1 Å². The first-order valence-corrected chi connectivity index (χ1v) is 13.4. The second kappa shape index (κ2) is 10.1. The van der Waals surface area contributed by atoms with Crippen molar-refractivity contribution in [1.29, 1.82) is 0 Å². The Morgan fingerprint density at radius 3 is 2.39 bits per heavy atom. The Kier molecular flexibility index (Phi) is 7.31. The molecule has 2 heterocycles. The van der Waals surface area contributed by atoms with Crippen molar-refractivity contribution in [3.8, 4) is 5.88 Å². The minimum atomic E-state index is -4.16. The topological polar surface area (TPSA) is 104 Å². The third kappa shape index (κ3) is 5.50. The van der Waals surface area contributed by atoms with Crippen molar-refractivity contribution in [1.82, 2.24) is 9.55 Å². The third-order valence-electron chi connectivity index (χ3n) is 6.80. The molecule has 0 atom stereocenters. The maximum absolute atomic E-state index is 13.0. The van der Waals surface area contributed by atoms with Crippen LogP contribution in [-0.4, -0.2) is 42.4 Å². The van der Waals surface area contributed by atoms with Crippen LogP contribution < -0.4 is 10.5 Å². The number of carbonyl (C=O) groups excluding carboxylic acids is 1. The Hall–Kier alpha value is -3.08. The monoisotopic (exact) mass is 523 g/mol. The van der Waals surface area contributed by atoms with Crippen LogP contribution in [-0.2, 0) is 16.4 Å². The number of benzene rings is 1. The van der Waals surface area contributed by atoms with Crippen molar-refractivity contribution in [3.63, 3.8) is 0 Å². The Labute approximate surface area is 207 Å². The average molecular weight is 524 g/mol. The fourth-order valence-corrected chi connectivity index (χ4v) is 5.54. The molecule has 1 aliphatic carbocycles. The summed E-state index contributed by atoms with van der Waals surface area (Å²) in [7, 11) is -3.34. The van der Waals surface area contributed by atoms with E-state index in [1.165, 1.54) is 18.3 Å². The van der Waals surface area contributed by atoms with E-state index in [1.807, 2.05) is 0 Å². The minimum Gasteiger partial charge on any atom is -0.476 e. The normalized spacial score (nSPS) is 18.9. The zero-order valence-corrected chi connectivity index (χ0v) is 20.6. The number of pyridine rings is 1. The van der Waals surface area contributed by atoms with Gasteiger partial charge in [-0.2, -0.15) is 13.2 Å². The van der Waals surface area contributed by atoms with Crippen LogP contribution in [0.2, 0.25) is 0 Å². The van der Waals surface area contributed by atoms with Gasteiger partial charge in [0.25, 0.3) is 5.91 Å². The van der Waals surface area contributed by atoms with Crippen LogP contribution in [0.4, 0.5) is 13.2 Å². The van der Waals surface area contributed by atoms with Crippen LogP contribution in [0.25, 0.3) is 10.9 Å². The summed E-state index contributed by atoms with van der Waals surface area (Å²) in [6.07, 6.45) is -1.62. The second-order valence-electron chi connectivity index (χ2n) is 9.15. The fourth-order valence-electron chi connectivity index (χ4n) is 4.66. The molecule has 0 saturated heterocycles. The highest BCUT2D eigenvalue weighted by molar-refractivity contribution is 7.91. The minimum absolute atomic E-state index is 0.00929. The molecule has 4 rings (SSSR count). The van der Waals surface area contributed by atoms with Crippen LogP contribution in [0, 0.1) is 11.8 Å². The van der Waals surface area contributed by atoms with Crippen LogP contribution in [0.1, 0.15) is 48.7 Å². The summed E-state index contributed by atoms with van der Waals surface area (Å²) in [5.74, 6) is -1.67. The highest BCUT2D eigenvalue weighted by Crippen LogP contribution is 2.40. The van der Waals surface area contributed by atoms with Gasteiger partial charge in [0.05, 0.1) is 23.2 Å². The highest BCUT2D eigenvalue weighted by Gasteiger charge is 2.41. The second-order valence-corrected chi connectivity index (χ2v) is 11.4. The van der Waals surface area contributed by atoms with E-state index in [0.717, 1.165) is 5.56 Å². The number of alkyl halides is 3. The highest BCUT2D eigenvalue weighted by atomic mass is 32.2. The van der Waals surface area contributed by atoms with E-state index in [9.17, 15) is 26.4 Å².